The molecule has 1 heterocycles. The summed E-state index contributed by atoms with van der Waals surface area (Å²) < 4.78 is 4.17. The Balaban J connectivity index is 2.57. The molecule has 0 aliphatic rings. The number of aryl methyl sites for hydroxylation is 1. The van der Waals surface area contributed by atoms with E-state index in [4.69, 9.17) is 5.11 Å². The Morgan fingerprint density at radius 3 is 2.64 bits per heavy atom. The third-order valence-corrected chi connectivity index (χ3v) is 2.78. The number of hydrogen-bond donors (Lipinski definition) is 2. The first-order valence-corrected chi connectivity index (χ1v) is 5.64. The highest BCUT2D eigenvalue weighted by molar-refractivity contribution is 7.09. The van der Waals surface area contributed by atoms with Crippen LogP contribution in [-0.2, 0) is 6.42 Å². The number of anilines is 1. The standard InChI is InChI=1S/C9H17N3OS/c1-4-8-11-9(14-12-8)10-7(5-13)6(2)3/h6-7,13H,4-5H2,1-3H3,(H,10,11,12). The zero-order chi connectivity index (χ0) is 10.6. The van der Waals surface area contributed by atoms with E-state index < -0.39 is 0 Å². The molecule has 1 aromatic heterocycles. The number of hydrogen-bond acceptors (Lipinski definition) is 5. The summed E-state index contributed by atoms with van der Waals surface area (Å²) >= 11 is 1.35. The monoisotopic (exact) mass is 215 g/mol. The average molecular weight is 215 g/mol. The second-order valence-electron chi connectivity index (χ2n) is 3.55. The van der Waals surface area contributed by atoms with Crippen LogP contribution >= 0.6 is 11.5 Å². The average Bonchev–Trinajstić information content (AvgIpc) is 2.61. The molecule has 1 rings (SSSR count). The number of aliphatic hydroxyl groups excluding tert-OH is 1. The van der Waals surface area contributed by atoms with Gasteiger partial charge in [0.25, 0.3) is 0 Å². The molecular formula is C9H17N3OS. The summed E-state index contributed by atoms with van der Waals surface area (Å²) in [4.78, 5) is 4.28. The van der Waals surface area contributed by atoms with Crippen molar-refractivity contribution in [3.8, 4) is 0 Å². The molecule has 4 nitrogen and oxygen atoms in total. The topological polar surface area (TPSA) is 58.0 Å². The molecule has 0 aliphatic heterocycles. The third kappa shape index (κ3) is 2.92. The van der Waals surface area contributed by atoms with Crippen LogP contribution in [0.3, 0.4) is 0 Å². The van der Waals surface area contributed by atoms with Crippen LogP contribution in [0.5, 0.6) is 0 Å². The molecule has 0 spiro atoms. The van der Waals surface area contributed by atoms with Gasteiger partial charge in [-0.2, -0.15) is 4.37 Å². The van der Waals surface area contributed by atoms with Crippen LogP contribution in [0.15, 0.2) is 0 Å². The van der Waals surface area contributed by atoms with Gasteiger partial charge in [0, 0.05) is 18.0 Å². The van der Waals surface area contributed by atoms with E-state index in [1.54, 1.807) is 0 Å². The molecule has 0 aromatic carbocycles. The zero-order valence-corrected chi connectivity index (χ0v) is 9.64. The fraction of sp³-hybridized carbons (Fsp3) is 0.778. The van der Waals surface area contributed by atoms with Gasteiger partial charge in [0.05, 0.1) is 12.6 Å². The van der Waals surface area contributed by atoms with Crippen LogP contribution in [0.1, 0.15) is 26.6 Å². The van der Waals surface area contributed by atoms with Gasteiger partial charge < -0.3 is 10.4 Å². The predicted octanol–water partition coefficient (Wildman–Crippen LogP) is 1.53. The maximum absolute atomic E-state index is 9.12. The third-order valence-electron chi connectivity index (χ3n) is 2.09. The minimum Gasteiger partial charge on any atom is -0.394 e. The molecular weight excluding hydrogens is 198 g/mol. The van der Waals surface area contributed by atoms with Crippen LogP contribution in [0, 0.1) is 5.92 Å². The molecule has 0 amide bonds. The molecule has 1 aromatic rings. The highest BCUT2D eigenvalue weighted by Gasteiger charge is 2.13. The lowest BCUT2D eigenvalue weighted by Gasteiger charge is -2.18. The molecule has 1 unspecified atom stereocenters. The summed E-state index contributed by atoms with van der Waals surface area (Å²) in [5, 5.41) is 13.1. The largest absolute Gasteiger partial charge is 0.394 e. The quantitative estimate of drug-likeness (QED) is 0.782. The first-order valence-electron chi connectivity index (χ1n) is 4.87. The van der Waals surface area contributed by atoms with E-state index in [-0.39, 0.29) is 12.6 Å². The van der Waals surface area contributed by atoms with Crippen molar-refractivity contribution >= 4 is 16.7 Å². The van der Waals surface area contributed by atoms with E-state index in [9.17, 15) is 0 Å². The second kappa shape index (κ2) is 5.26. The fourth-order valence-corrected chi connectivity index (χ4v) is 1.75. The van der Waals surface area contributed by atoms with E-state index in [0.29, 0.717) is 5.92 Å². The Bertz CT molecular complexity index is 275. The zero-order valence-electron chi connectivity index (χ0n) is 8.82. The van der Waals surface area contributed by atoms with Crippen molar-refractivity contribution in [3.05, 3.63) is 5.82 Å². The number of aromatic nitrogens is 2. The number of nitrogens with zero attached hydrogens (tertiary/aromatic N) is 2. The summed E-state index contributed by atoms with van der Waals surface area (Å²) in [6, 6.07) is 0.0626. The lowest BCUT2D eigenvalue weighted by Crippen LogP contribution is -2.29. The van der Waals surface area contributed by atoms with Gasteiger partial charge in [0.1, 0.15) is 5.82 Å². The highest BCUT2D eigenvalue weighted by atomic mass is 32.1. The Morgan fingerprint density at radius 1 is 1.50 bits per heavy atom. The van der Waals surface area contributed by atoms with Gasteiger partial charge in [-0.05, 0) is 5.92 Å². The van der Waals surface area contributed by atoms with Gasteiger partial charge in [0.2, 0.25) is 5.13 Å². The van der Waals surface area contributed by atoms with Crippen molar-refractivity contribution in [2.24, 2.45) is 5.92 Å². The van der Waals surface area contributed by atoms with E-state index in [0.717, 1.165) is 17.4 Å². The highest BCUT2D eigenvalue weighted by Crippen LogP contribution is 2.15. The molecule has 1 atom stereocenters. The second-order valence-corrected chi connectivity index (χ2v) is 4.30. The molecule has 0 saturated heterocycles. The lowest BCUT2D eigenvalue weighted by atomic mass is 10.1. The van der Waals surface area contributed by atoms with Crippen LogP contribution in [-0.4, -0.2) is 27.1 Å². The van der Waals surface area contributed by atoms with Gasteiger partial charge >= 0.3 is 0 Å². The smallest absolute Gasteiger partial charge is 0.202 e. The van der Waals surface area contributed by atoms with Crippen LogP contribution in [0.25, 0.3) is 0 Å². The molecule has 5 heteroatoms. The van der Waals surface area contributed by atoms with Crippen LogP contribution in [0.2, 0.25) is 0 Å². The Hall–Kier alpha value is -0.680. The van der Waals surface area contributed by atoms with Crippen molar-refractivity contribution in [3.63, 3.8) is 0 Å². The molecule has 14 heavy (non-hydrogen) atoms. The molecule has 0 saturated carbocycles. The number of rotatable bonds is 5. The summed E-state index contributed by atoms with van der Waals surface area (Å²) in [7, 11) is 0. The van der Waals surface area contributed by atoms with Gasteiger partial charge in [-0.3, -0.25) is 0 Å². The van der Waals surface area contributed by atoms with Crippen molar-refractivity contribution in [2.75, 3.05) is 11.9 Å². The fourth-order valence-electron chi connectivity index (χ4n) is 1.04. The lowest BCUT2D eigenvalue weighted by molar-refractivity contribution is 0.249. The van der Waals surface area contributed by atoms with Crippen molar-refractivity contribution in [1.82, 2.24) is 9.36 Å². The van der Waals surface area contributed by atoms with Crippen LogP contribution in [0.4, 0.5) is 5.13 Å². The summed E-state index contributed by atoms with van der Waals surface area (Å²) in [5.41, 5.74) is 0. The minimum absolute atomic E-state index is 0.0626. The predicted molar refractivity (Wildman–Crippen MR) is 58.6 cm³/mol. The van der Waals surface area contributed by atoms with Gasteiger partial charge in [-0.25, -0.2) is 4.98 Å². The molecule has 0 aliphatic carbocycles. The van der Waals surface area contributed by atoms with E-state index in [1.807, 2.05) is 6.92 Å². The summed E-state index contributed by atoms with van der Waals surface area (Å²) in [6.45, 7) is 6.28. The molecule has 80 valence electrons. The van der Waals surface area contributed by atoms with Crippen molar-refractivity contribution in [2.45, 2.75) is 33.2 Å². The Morgan fingerprint density at radius 2 is 2.21 bits per heavy atom. The maximum Gasteiger partial charge on any atom is 0.202 e. The van der Waals surface area contributed by atoms with E-state index in [1.165, 1.54) is 11.5 Å². The minimum atomic E-state index is 0.0626. The van der Waals surface area contributed by atoms with E-state index in [2.05, 4.69) is 28.5 Å². The maximum atomic E-state index is 9.12. The van der Waals surface area contributed by atoms with Gasteiger partial charge in [0.15, 0.2) is 0 Å². The molecule has 0 fully saturated rings. The SMILES string of the molecule is CCc1nsc(NC(CO)C(C)C)n1. The molecule has 0 bridgehead atoms. The first kappa shape index (κ1) is 11.4. The number of nitrogens with one attached hydrogen (secondary N) is 1. The molecule has 0 radical (unpaired) electrons. The van der Waals surface area contributed by atoms with Gasteiger partial charge in [-0.1, -0.05) is 20.8 Å². The summed E-state index contributed by atoms with van der Waals surface area (Å²) in [6.07, 6.45) is 0.851. The Kier molecular flexibility index (Phi) is 4.28. The normalized spacial score (nSPS) is 13.2. The van der Waals surface area contributed by atoms with Gasteiger partial charge in [-0.15, -0.1) is 0 Å². The van der Waals surface area contributed by atoms with Crippen molar-refractivity contribution < 1.29 is 5.11 Å². The first-order chi connectivity index (χ1) is 6.67. The van der Waals surface area contributed by atoms with Crippen molar-refractivity contribution in [1.29, 1.82) is 0 Å². The Labute approximate surface area is 88.6 Å². The summed E-state index contributed by atoms with van der Waals surface area (Å²) in [5.74, 6) is 1.24. The molecule has 2 N–H and O–H groups in total. The van der Waals surface area contributed by atoms with E-state index >= 15 is 0 Å². The number of aliphatic hydroxyl groups is 1. The van der Waals surface area contributed by atoms with Crippen LogP contribution < -0.4 is 5.32 Å².